The van der Waals surface area contributed by atoms with Gasteiger partial charge in [0.1, 0.15) is 12.4 Å². The van der Waals surface area contributed by atoms with Gasteiger partial charge in [-0.15, -0.1) is 0 Å². The number of carbonyl (C=O) groups excluding carboxylic acids is 1. The third-order valence-electron chi connectivity index (χ3n) is 5.05. The van der Waals surface area contributed by atoms with Crippen molar-refractivity contribution >= 4 is 16.7 Å². The van der Waals surface area contributed by atoms with Crippen LogP contribution in [0.15, 0.2) is 48.5 Å². The Labute approximate surface area is 148 Å². The molecule has 0 aliphatic heterocycles. The van der Waals surface area contributed by atoms with Crippen LogP contribution in [0.4, 0.5) is 0 Å². The molecule has 2 aromatic carbocycles. The van der Waals surface area contributed by atoms with E-state index in [1.807, 2.05) is 24.3 Å². The lowest BCUT2D eigenvalue weighted by molar-refractivity contribution is 0.0973. The lowest BCUT2D eigenvalue weighted by atomic mass is 10.1. The highest BCUT2D eigenvalue weighted by atomic mass is 16.5. The van der Waals surface area contributed by atoms with E-state index in [-0.39, 0.29) is 5.78 Å². The van der Waals surface area contributed by atoms with E-state index in [2.05, 4.69) is 35.8 Å². The minimum absolute atomic E-state index is 0.289. The zero-order chi connectivity index (χ0) is 17.2. The number of ketones is 1. The van der Waals surface area contributed by atoms with Crippen molar-refractivity contribution in [3.63, 3.8) is 0 Å². The van der Waals surface area contributed by atoms with E-state index >= 15 is 0 Å². The van der Waals surface area contributed by atoms with Crippen LogP contribution in [-0.2, 0) is 19.6 Å². The van der Waals surface area contributed by atoms with Gasteiger partial charge in [-0.1, -0.05) is 30.3 Å². The average Bonchev–Trinajstić information content (AvgIpc) is 2.84. The Hall–Kier alpha value is -2.55. The maximum Gasteiger partial charge on any atom is 0.179 e. The van der Waals surface area contributed by atoms with Crippen LogP contribution in [-0.4, -0.2) is 10.4 Å². The van der Waals surface area contributed by atoms with Crippen LogP contribution in [0.5, 0.6) is 5.75 Å². The van der Waals surface area contributed by atoms with Gasteiger partial charge in [-0.3, -0.25) is 4.79 Å². The van der Waals surface area contributed by atoms with E-state index < -0.39 is 0 Å². The smallest absolute Gasteiger partial charge is 0.179 e. The highest BCUT2D eigenvalue weighted by molar-refractivity contribution is 6.03. The second-order valence-electron chi connectivity index (χ2n) is 6.65. The first-order chi connectivity index (χ1) is 12.3. The molecule has 0 atom stereocenters. The van der Waals surface area contributed by atoms with Crippen molar-refractivity contribution in [2.24, 2.45) is 0 Å². The Bertz CT molecular complexity index is 909. The summed E-state index contributed by atoms with van der Waals surface area (Å²) in [6.07, 6.45) is 3.72. The van der Waals surface area contributed by atoms with Crippen LogP contribution in [0.1, 0.15) is 47.8 Å². The van der Waals surface area contributed by atoms with Gasteiger partial charge in [-0.05, 0) is 55.5 Å². The molecule has 0 radical (unpaired) electrons. The van der Waals surface area contributed by atoms with Crippen molar-refractivity contribution in [3.05, 3.63) is 65.4 Å². The Morgan fingerprint density at radius 2 is 1.84 bits per heavy atom. The second kappa shape index (κ2) is 6.75. The van der Waals surface area contributed by atoms with E-state index in [0.29, 0.717) is 13.0 Å². The van der Waals surface area contributed by atoms with Gasteiger partial charge in [0.25, 0.3) is 0 Å². The normalized spacial score (nSPS) is 14.4. The van der Waals surface area contributed by atoms with Gasteiger partial charge < -0.3 is 9.30 Å². The van der Waals surface area contributed by atoms with Crippen LogP contribution < -0.4 is 4.74 Å². The SMILES string of the molecule is CCn1c2c(c3cc(OCc4ccccc4)ccc31)CCCCC2=O. The standard InChI is InChI=1S/C22H23NO2/c1-2-23-20-13-12-17(25-15-16-8-4-3-5-9-16)14-19(20)18-10-6-7-11-21(24)22(18)23/h3-5,8-9,12-14H,2,6-7,10-11,15H2,1H3. The van der Waals surface area contributed by atoms with Crippen molar-refractivity contribution in [1.29, 1.82) is 0 Å². The Morgan fingerprint density at radius 3 is 2.64 bits per heavy atom. The molecule has 4 rings (SSSR count). The predicted octanol–water partition coefficient (Wildman–Crippen LogP) is 5.15. The van der Waals surface area contributed by atoms with Crippen molar-refractivity contribution in [2.75, 3.05) is 0 Å². The number of carbonyl (C=O) groups is 1. The predicted molar refractivity (Wildman–Crippen MR) is 100 cm³/mol. The molecule has 1 heterocycles. The lowest BCUT2D eigenvalue weighted by Crippen LogP contribution is -2.08. The molecule has 3 heteroatoms. The minimum Gasteiger partial charge on any atom is -0.489 e. The Morgan fingerprint density at radius 1 is 1.04 bits per heavy atom. The van der Waals surface area contributed by atoms with Gasteiger partial charge >= 0.3 is 0 Å². The maximum atomic E-state index is 12.6. The minimum atomic E-state index is 0.289. The first-order valence-corrected chi connectivity index (χ1v) is 9.13. The molecule has 0 spiro atoms. The summed E-state index contributed by atoms with van der Waals surface area (Å²) in [6, 6.07) is 16.4. The monoisotopic (exact) mass is 333 g/mol. The van der Waals surface area contributed by atoms with Crippen LogP contribution >= 0.6 is 0 Å². The highest BCUT2D eigenvalue weighted by Crippen LogP contribution is 2.34. The van der Waals surface area contributed by atoms with E-state index in [4.69, 9.17) is 4.74 Å². The van der Waals surface area contributed by atoms with E-state index in [1.54, 1.807) is 0 Å². The van der Waals surface area contributed by atoms with Crippen molar-refractivity contribution in [3.8, 4) is 5.75 Å². The number of aryl methyl sites for hydroxylation is 2. The fourth-order valence-electron chi connectivity index (χ4n) is 3.84. The molecule has 0 bridgehead atoms. The summed E-state index contributed by atoms with van der Waals surface area (Å²) in [4.78, 5) is 12.6. The number of rotatable bonds is 4. The number of benzene rings is 2. The number of Topliss-reactive ketones (excluding diaryl/α,β-unsaturated/α-hetero) is 1. The number of fused-ring (bicyclic) bond motifs is 3. The molecule has 0 N–H and O–H groups in total. The van der Waals surface area contributed by atoms with Gasteiger partial charge in [0.15, 0.2) is 5.78 Å². The number of nitrogens with zero attached hydrogens (tertiary/aromatic N) is 1. The molecule has 1 aliphatic carbocycles. The largest absolute Gasteiger partial charge is 0.489 e. The molecule has 0 fully saturated rings. The first kappa shape index (κ1) is 15.9. The van der Waals surface area contributed by atoms with Crippen LogP contribution in [0, 0.1) is 0 Å². The van der Waals surface area contributed by atoms with Crippen molar-refractivity contribution in [2.45, 2.75) is 45.8 Å². The molecule has 1 aliphatic rings. The molecule has 128 valence electrons. The maximum absolute atomic E-state index is 12.6. The molecule has 25 heavy (non-hydrogen) atoms. The van der Waals surface area contributed by atoms with Gasteiger partial charge in [0.05, 0.1) is 5.69 Å². The van der Waals surface area contributed by atoms with E-state index in [9.17, 15) is 4.79 Å². The molecule has 0 amide bonds. The van der Waals surface area contributed by atoms with Crippen molar-refractivity contribution in [1.82, 2.24) is 4.57 Å². The first-order valence-electron chi connectivity index (χ1n) is 9.13. The third kappa shape index (κ3) is 2.95. The number of hydrogen-bond donors (Lipinski definition) is 0. The van der Waals surface area contributed by atoms with E-state index in [0.717, 1.165) is 48.3 Å². The molecule has 0 unspecified atom stereocenters. The summed E-state index contributed by atoms with van der Waals surface area (Å²) >= 11 is 0. The average molecular weight is 333 g/mol. The number of hydrogen-bond acceptors (Lipinski definition) is 2. The summed E-state index contributed by atoms with van der Waals surface area (Å²) in [5.74, 6) is 1.15. The molecule has 1 aromatic heterocycles. The van der Waals surface area contributed by atoms with Gasteiger partial charge in [-0.25, -0.2) is 0 Å². The third-order valence-corrected chi connectivity index (χ3v) is 5.05. The highest BCUT2D eigenvalue weighted by Gasteiger charge is 2.24. The summed E-state index contributed by atoms with van der Waals surface area (Å²) in [6.45, 7) is 3.49. The zero-order valence-electron chi connectivity index (χ0n) is 14.6. The summed E-state index contributed by atoms with van der Waals surface area (Å²) in [5, 5.41) is 1.18. The number of ether oxygens (including phenoxy) is 1. The Kier molecular flexibility index (Phi) is 4.31. The number of aromatic nitrogens is 1. The zero-order valence-corrected chi connectivity index (χ0v) is 14.6. The fraction of sp³-hybridized carbons (Fsp3) is 0.318. The lowest BCUT2D eigenvalue weighted by Gasteiger charge is -2.08. The summed E-state index contributed by atoms with van der Waals surface area (Å²) in [7, 11) is 0. The molecule has 0 saturated heterocycles. The van der Waals surface area contributed by atoms with Gasteiger partial charge in [-0.2, -0.15) is 0 Å². The summed E-state index contributed by atoms with van der Waals surface area (Å²) < 4.78 is 8.18. The second-order valence-corrected chi connectivity index (χ2v) is 6.65. The quantitative estimate of drug-likeness (QED) is 0.618. The molecule has 3 nitrogen and oxygen atoms in total. The fourth-order valence-corrected chi connectivity index (χ4v) is 3.84. The molecule has 3 aromatic rings. The van der Waals surface area contributed by atoms with Crippen LogP contribution in [0.3, 0.4) is 0 Å². The van der Waals surface area contributed by atoms with Gasteiger partial charge in [0, 0.05) is 23.9 Å². The molecular formula is C22H23NO2. The molecular weight excluding hydrogens is 310 g/mol. The summed E-state index contributed by atoms with van der Waals surface area (Å²) in [5.41, 5.74) is 4.44. The van der Waals surface area contributed by atoms with Gasteiger partial charge in [0.2, 0.25) is 0 Å². The van der Waals surface area contributed by atoms with Crippen molar-refractivity contribution < 1.29 is 9.53 Å². The van der Waals surface area contributed by atoms with Crippen LogP contribution in [0.2, 0.25) is 0 Å². The molecule has 0 saturated carbocycles. The van der Waals surface area contributed by atoms with E-state index in [1.165, 1.54) is 10.9 Å². The topological polar surface area (TPSA) is 31.2 Å². The Balaban J connectivity index is 1.72. The van der Waals surface area contributed by atoms with Crippen LogP contribution in [0.25, 0.3) is 10.9 Å².